The maximum atomic E-state index is 12.6. The zero-order chi connectivity index (χ0) is 13.6. The molecule has 1 saturated heterocycles. The number of piperazine rings is 1. The van der Waals surface area contributed by atoms with Gasteiger partial charge in [-0.3, -0.25) is 4.79 Å². The van der Waals surface area contributed by atoms with Gasteiger partial charge in [0, 0.05) is 32.3 Å². The number of alkyl halides is 3. The molecule has 7 heteroatoms. The fourth-order valence-electron chi connectivity index (χ4n) is 2.59. The summed E-state index contributed by atoms with van der Waals surface area (Å²) in [7, 11) is 0. The van der Waals surface area contributed by atoms with Gasteiger partial charge in [0.25, 0.3) is 0 Å². The summed E-state index contributed by atoms with van der Waals surface area (Å²) in [6.45, 7) is 2.06. The van der Waals surface area contributed by atoms with Crippen molar-refractivity contribution in [2.75, 3.05) is 24.5 Å². The van der Waals surface area contributed by atoms with E-state index in [1.165, 1.54) is 0 Å². The second kappa shape index (κ2) is 4.19. The summed E-state index contributed by atoms with van der Waals surface area (Å²) in [5.41, 5.74) is -0.777. The van der Waals surface area contributed by atoms with Crippen molar-refractivity contribution in [3.8, 4) is 0 Å². The van der Waals surface area contributed by atoms with E-state index in [4.69, 9.17) is 0 Å². The molecule has 0 bridgehead atoms. The lowest BCUT2D eigenvalue weighted by molar-refractivity contribution is -0.137. The zero-order valence-electron chi connectivity index (χ0n) is 10.00. The van der Waals surface area contributed by atoms with Gasteiger partial charge in [-0.15, -0.1) is 0 Å². The molecule has 1 aromatic heterocycles. The maximum absolute atomic E-state index is 12.6. The lowest BCUT2D eigenvalue weighted by atomic mass is 9.95. The average molecular weight is 271 g/mol. The third-order valence-corrected chi connectivity index (χ3v) is 3.54. The van der Waals surface area contributed by atoms with E-state index in [2.05, 4.69) is 10.3 Å². The molecule has 3 heterocycles. The molecule has 102 valence electrons. The van der Waals surface area contributed by atoms with Crippen molar-refractivity contribution in [2.45, 2.75) is 18.6 Å². The fourth-order valence-corrected chi connectivity index (χ4v) is 2.59. The van der Waals surface area contributed by atoms with E-state index in [0.717, 1.165) is 18.8 Å². The summed E-state index contributed by atoms with van der Waals surface area (Å²) in [6.07, 6.45) is -3.43. The third kappa shape index (κ3) is 2.07. The van der Waals surface area contributed by atoms with Gasteiger partial charge in [-0.05, 0) is 6.07 Å². The second-order valence-electron chi connectivity index (χ2n) is 4.77. The molecule has 0 aromatic carbocycles. The van der Waals surface area contributed by atoms with Gasteiger partial charge in [0.05, 0.1) is 17.2 Å². The number of hydrogen-bond acceptors (Lipinski definition) is 4. The average Bonchev–Trinajstić information content (AvgIpc) is 2.37. The molecule has 2 aliphatic heterocycles. The molecular weight excluding hydrogens is 259 g/mol. The number of pyridine rings is 1. The number of ketones is 1. The van der Waals surface area contributed by atoms with Gasteiger partial charge in [-0.1, -0.05) is 0 Å². The molecule has 1 aromatic rings. The molecule has 0 saturated carbocycles. The Kier molecular flexibility index (Phi) is 2.74. The highest BCUT2D eigenvalue weighted by Crippen LogP contribution is 2.35. The SMILES string of the molecule is O=C1CC2CNCCN2c2ncc(C(F)(F)F)cc21. The Morgan fingerprint density at radius 1 is 1.42 bits per heavy atom. The molecule has 19 heavy (non-hydrogen) atoms. The smallest absolute Gasteiger partial charge is 0.350 e. The van der Waals surface area contributed by atoms with Crippen LogP contribution < -0.4 is 10.2 Å². The highest BCUT2D eigenvalue weighted by atomic mass is 19.4. The fraction of sp³-hybridized carbons (Fsp3) is 0.500. The van der Waals surface area contributed by atoms with Crippen molar-refractivity contribution < 1.29 is 18.0 Å². The minimum Gasteiger partial charge on any atom is -0.350 e. The van der Waals surface area contributed by atoms with Gasteiger partial charge in [-0.2, -0.15) is 13.2 Å². The number of rotatable bonds is 0. The molecule has 0 amide bonds. The largest absolute Gasteiger partial charge is 0.417 e. The minimum atomic E-state index is -4.47. The first-order valence-corrected chi connectivity index (χ1v) is 6.04. The molecule has 0 aliphatic carbocycles. The Hall–Kier alpha value is -1.63. The lowest BCUT2D eigenvalue weighted by Gasteiger charge is -2.40. The molecule has 1 N–H and O–H groups in total. The van der Waals surface area contributed by atoms with E-state index >= 15 is 0 Å². The topological polar surface area (TPSA) is 45.2 Å². The molecule has 1 fully saturated rings. The Morgan fingerprint density at radius 3 is 2.95 bits per heavy atom. The minimum absolute atomic E-state index is 0.00186. The standard InChI is InChI=1S/C12H12F3N3O/c13-12(14,15)7-3-9-10(19)4-8-6-16-1-2-18(8)11(9)17-5-7/h3,5,8,16H,1-2,4,6H2. The van der Waals surface area contributed by atoms with Gasteiger partial charge in [0.2, 0.25) is 0 Å². The number of carbonyl (C=O) groups excluding carboxylic acids is 1. The molecule has 1 unspecified atom stereocenters. The van der Waals surface area contributed by atoms with Gasteiger partial charge in [-0.25, -0.2) is 4.98 Å². The summed E-state index contributed by atoms with van der Waals surface area (Å²) in [5, 5.41) is 3.17. The molecule has 0 spiro atoms. The van der Waals surface area contributed by atoms with Crippen LogP contribution in [-0.2, 0) is 6.18 Å². The molecule has 0 radical (unpaired) electrons. The van der Waals surface area contributed by atoms with Crippen molar-refractivity contribution in [3.05, 3.63) is 23.4 Å². The number of fused-ring (bicyclic) bond motifs is 3. The number of nitrogens with zero attached hydrogens (tertiary/aromatic N) is 2. The summed E-state index contributed by atoms with van der Waals surface area (Å²) >= 11 is 0. The van der Waals surface area contributed by atoms with Crippen molar-refractivity contribution in [1.29, 1.82) is 0 Å². The first kappa shape index (κ1) is 12.4. The maximum Gasteiger partial charge on any atom is 0.417 e. The van der Waals surface area contributed by atoms with Crippen molar-refractivity contribution in [2.24, 2.45) is 0 Å². The van der Waals surface area contributed by atoms with Crippen LogP contribution in [0.1, 0.15) is 22.3 Å². The molecular formula is C12H12F3N3O. The highest BCUT2D eigenvalue weighted by Gasteiger charge is 2.37. The number of carbonyl (C=O) groups is 1. The van der Waals surface area contributed by atoms with Crippen molar-refractivity contribution >= 4 is 11.6 Å². The zero-order valence-corrected chi connectivity index (χ0v) is 10.00. The monoisotopic (exact) mass is 271 g/mol. The molecule has 2 aliphatic rings. The van der Waals surface area contributed by atoms with Crippen molar-refractivity contribution in [3.63, 3.8) is 0 Å². The Bertz CT molecular complexity index is 529. The van der Waals surface area contributed by atoms with E-state index in [-0.39, 0.29) is 23.8 Å². The van der Waals surface area contributed by atoms with Crippen LogP contribution in [-0.4, -0.2) is 36.4 Å². The molecule has 3 rings (SSSR count). The molecule has 4 nitrogen and oxygen atoms in total. The number of aromatic nitrogens is 1. The quantitative estimate of drug-likeness (QED) is 0.776. The van der Waals surface area contributed by atoms with Crippen LogP contribution >= 0.6 is 0 Å². The first-order valence-electron chi connectivity index (χ1n) is 6.04. The third-order valence-electron chi connectivity index (χ3n) is 3.54. The van der Waals surface area contributed by atoms with E-state index in [1.807, 2.05) is 4.90 Å². The Morgan fingerprint density at radius 2 is 2.21 bits per heavy atom. The van der Waals surface area contributed by atoms with Gasteiger partial charge in [0.15, 0.2) is 5.78 Å². The summed E-state index contributed by atoms with van der Waals surface area (Å²) in [6, 6.07) is 0.918. The Labute approximate surface area is 107 Å². The second-order valence-corrected chi connectivity index (χ2v) is 4.77. The lowest BCUT2D eigenvalue weighted by Crippen LogP contribution is -2.54. The number of halogens is 3. The normalized spacial score (nSPS) is 23.0. The van der Waals surface area contributed by atoms with E-state index in [1.54, 1.807) is 0 Å². The van der Waals surface area contributed by atoms with E-state index in [0.29, 0.717) is 18.9 Å². The van der Waals surface area contributed by atoms with Gasteiger partial charge < -0.3 is 10.2 Å². The van der Waals surface area contributed by atoms with Crippen LogP contribution in [0, 0.1) is 0 Å². The van der Waals surface area contributed by atoms with Gasteiger partial charge in [0.1, 0.15) is 5.82 Å². The van der Waals surface area contributed by atoms with Crippen molar-refractivity contribution in [1.82, 2.24) is 10.3 Å². The predicted octanol–water partition coefficient (Wildman–Crippen LogP) is 1.47. The van der Waals surface area contributed by atoms with Crippen LogP contribution in [0.3, 0.4) is 0 Å². The molecule has 1 atom stereocenters. The predicted molar refractivity (Wildman–Crippen MR) is 62.2 cm³/mol. The number of anilines is 1. The Balaban J connectivity index is 2.05. The van der Waals surface area contributed by atoms with Gasteiger partial charge >= 0.3 is 6.18 Å². The number of nitrogens with one attached hydrogen (secondary N) is 1. The number of hydrogen-bond donors (Lipinski definition) is 1. The number of Topliss-reactive ketones (excluding diaryl/α,β-unsaturated/α-hetero) is 1. The van der Waals surface area contributed by atoms with Crippen LogP contribution in [0.25, 0.3) is 0 Å². The summed E-state index contributed by atoms with van der Waals surface area (Å²) < 4.78 is 37.9. The highest BCUT2D eigenvalue weighted by molar-refractivity contribution is 6.03. The van der Waals surface area contributed by atoms with Crippen LogP contribution in [0.5, 0.6) is 0 Å². The van der Waals surface area contributed by atoms with Crippen LogP contribution in [0.2, 0.25) is 0 Å². The summed E-state index contributed by atoms with van der Waals surface area (Å²) in [5.74, 6) is 0.120. The van der Waals surface area contributed by atoms with Crippen LogP contribution in [0.4, 0.5) is 19.0 Å². The van der Waals surface area contributed by atoms with E-state index < -0.39 is 11.7 Å². The first-order chi connectivity index (χ1) is 8.97. The van der Waals surface area contributed by atoms with E-state index in [9.17, 15) is 18.0 Å². The van der Waals surface area contributed by atoms with Crippen LogP contribution in [0.15, 0.2) is 12.3 Å². The summed E-state index contributed by atoms with van der Waals surface area (Å²) in [4.78, 5) is 17.8.